The Hall–Kier alpha value is -2.10. The van der Waals surface area contributed by atoms with Crippen LogP contribution in [-0.4, -0.2) is 40.4 Å². The van der Waals surface area contributed by atoms with Gasteiger partial charge in [-0.1, -0.05) is 32.1 Å². The van der Waals surface area contributed by atoms with E-state index in [1.807, 2.05) is 0 Å². The largest absolute Gasteiger partial charge is 0.338 e. The fourth-order valence-electron chi connectivity index (χ4n) is 4.16. The highest BCUT2D eigenvalue weighted by atomic mass is 16.2. The number of hydrogen-bond donors (Lipinski definition) is 2. The van der Waals surface area contributed by atoms with E-state index < -0.39 is 17.1 Å². The Morgan fingerprint density at radius 3 is 2.38 bits per heavy atom. The van der Waals surface area contributed by atoms with E-state index >= 15 is 0 Å². The lowest BCUT2D eigenvalue weighted by molar-refractivity contribution is -0.131. The molecular formula is C17H24N4O3. The Morgan fingerprint density at radius 2 is 1.75 bits per heavy atom. The maximum absolute atomic E-state index is 12.5. The van der Waals surface area contributed by atoms with Crippen molar-refractivity contribution in [2.24, 2.45) is 0 Å². The number of imide groups is 1. The predicted molar refractivity (Wildman–Crippen MR) is 85.6 cm³/mol. The summed E-state index contributed by atoms with van der Waals surface area (Å²) in [5.74, 6) is -0.475. The summed E-state index contributed by atoms with van der Waals surface area (Å²) in [4.78, 5) is 38.0. The minimum absolute atomic E-state index is 0.0403. The number of hydrogen-bond acceptors (Lipinski definition) is 4. The van der Waals surface area contributed by atoms with Gasteiger partial charge in [-0.25, -0.2) is 4.79 Å². The molecule has 1 heterocycles. The molecule has 130 valence electrons. The highest BCUT2D eigenvalue weighted by Gasteiger charge is 2.52. The van der Waals surface area contributed by atoms with Crippen molar-refractivity contribution in [3.63, 3.8) is 0 Å². The summed E-state index contributed by atoms with van der Waals surface area (Å²) in [5.41, 5.74) is -1.51. The second-order valence-corrected chi connectivity index (χ2v) is 7.23. The van der Waals surface area contributed by atoms with E-state index in [4.69, 9.17) is 0 Å². The maximum Gasteiger partial charge on any atom is 0.325 e. The number of nitrogens with zero attached hydrogens (tertiary/aromatic N) is 2. The highest BCUT2D eigenvalue weighted by molar-refractivity contribution is 6.07. The van der Waals surface area contributed by atoms with Crippen LogP contribution in [0, 0.1) is 11.3 Å². The zero-order chi connectivity index (χ0) is 17.2. The number of carbonyl (C=O) groups is 3. The van der Waals surface area contributed by atoms with Crippen LogP contribution in [0.15, 0.2) is 0 Å². The molecule has 2 aliphatic carbocycles. The van der Waals surface area contributed by atoms with Gasteiger partial charge >= 0.3 is 6.03 Å². The Bertz CT molecular complexity index is 583. The molecule has 0 atom stereocenters. The fourth-order valence-corrected chi connectivity index (χ4v) is 4.16. The number of rotatable bonds is 4. The Morgan fingerprint density at radius 1 is 1.12 bits per heavy atom. The topological polar surface area (TPSA) is 102 Å². The van der Waals surface area contributed by atoms with Gasteiger partial charge in [0.25, 0.3) is 5.91 Å². The summed E-state index contributed by atoms with van der Waals surface area (Å²) in [5, 5.41) is 15.0. The monoisotopic (exact) mass is 332 g/mol. The molecule has 2 N–H and O–H groups in total. The Labute approximate surface area is 141 Å². The Kier molecular flexibility index (Phi) is 4.48. The average molecular weight is 332 g/mol. The quantitative estimate of drug-likeness (QED) is 0.763. The lowest BCUT2D eigenvalue weighted by Gasteiger charge is -2.31. The summed E-state index contributed by atoms with van der Waals surface area (Å²) in [6.07, 6.45) is 7.56. The highest BCUT2D eigenvalue weighted by Crippen LogP contribution is 2.35. The molecule has 1 aliphatic heterocycles. The van der Waals surface area contributed by atoms with Gasteiger partial charge in [-0.05, 0) is 25.7 Å². The van der Waals surface area contributed by atoms with Crippen molar-refractivity contribution < 1.29 is 14.4 Å². The Balaban J connectivity index is 1.55. The molecule has 0 unspecified atom stereocenters. The first-order valence-electron chi connectivity index (χ1n) is 8.87. The maximum atomic E-state index is 12.5. The van der Waals surface area contributed by atoms with Crippen molar-refractivity contribution in [3.8, 4) is 6.07 Å². The van der Waals surface area contributed by atoms with Crippen LogP contribution in [0.2, 0.25) is 0 Å². The van der Waals surface area contributed by atoms with Crippen LogP contribution < -0.4 is 10.6 Å². The van der Waals surface area contributed by atoms with Crippen molar-refractivity contribution >= 4 is 17.8 Å². The van der Waals surface area contributed by atoms with Crippen LogP contribution in [0.1, 0.15) is 64.2 Å². The number of amides is 4. The minimum atomic E-state index is -0.778. The molecule has 3 rings (SSSR count). The van der Waals surface area contributed by atoms with Gasteiger partial charge in [0, 0.05) is 13.0 Å². The van der Waals surface area contributed by atoms with E-state index in [2.05, 4.69) is 16.7 Å². The van der Waals surface area contributed by atoms with Crippen LogP contribution in [0.4, 0.5) is 4.79 Å². The third-order valence-corrected chi connectivity index (χ3v) is 5.57. The van der Waals surface area contributed by atoms with E-state index in [-0.39, 0.29) is 24.8 Å². The van der Waals surface area contributed by atoms with E-state index in [9.17, 15) is 19.6 Å². The molecule has 0 aromatic heterocycles. The van der Waals surface area contributed by atoms with E-state index in [0.29, 0.717) is 25.7 Å². The van der Waals surface area contributed by atoms with Gasteiger partial charge in [-0.3, -0.25) is 14.5 Å². The second-order valence-electron chi connectivity index (χ2n) is 7.23. The number of nitriles is 1. The van der Waals surface area contributed by atoms with E-state index in [1.54, 1.807) is 0 Å². The van der Waals surface area contributed by atoms with Gasteiger partial charge < -0.3 is 10.6 Å². The summed E-state index contributed by atoms with van der Waals surface area (Å²) in [6, 6.07) is 1.84. The van der Waals surface area contributed by atoms with Crippen LogP contribution in [-0.2, 0) is 9.59 Å². The van der Waals surface area contributed by atoms with Crippen LogP contribution in [0.5, 0.6) is 0 Å². The van der Waals surface area contributed by atoms with Crippen molar-refractivity contribution in [3.05, 3.63) is 0 Å². The predicted octanol–water partition coefficient (Wildman–Crippen LogP) is 1.58. The standard InChI is InChI=1S/C17H24N4O3/c18-12-16(7-2-1-3-8-16)19-13(22)6-11-21-14(23)17(20-15(21)24)9-4-5-10-17/h1-11H2,(H,19,22)(H,20,24). The first-order valence-corrected chi connectivity index (χ1v) is 8.87. The van der Waals surface area contributed by atoms with Crippen molar-refractivity contribution in [1.82, 2.24) is 15.5 Å². The number of nitrogens with one attached hydrogen (secondary N) is 2. The molecule has 0 aromatic rings. The van der Waals surface area contributed by atoms with Gasteiger partial charge in [0.2, 0.25) is 5.91 Å². The third-order valence-electron chi connectivity index (χ3n) is 5.57. The van der Waals surface area contributed by atoms with Crippen LogP contribution in [0.3, 0.4) is 0 Å². The molecule has 3 aliphatic rings. The molecule has 2 saturated carbocycles. The lowest BCUT2D eigenvalue weighted by atomic mass is 9.83. The zero-order valence-electron chi connectivity index (χ0n) is 13.9. The molecule has 7 heteroatoms. The molecule has 3 fully saturated rings. The number of carbonyl (C=O) groups excluding carboxylic acids is 3. The molecule has 0 radical (unpaired) electrons. The normalized spacial score (nSPS) is 24.7. The van der Waals surface area contributed by atoms with Crippen molar-refractivity contribution in [2.45, 2.75) is 75.3 Å². The van der Waals surface area contributed by atoms with E-state index in [1.165, 1.54) is 0 Å². The van der Waals surface area contributed by atoms with Crippen molar-refractivity contribution in [2.75, 3.05) is 6.54 Å². The van der Waals surface area contributed by atoms with Gasteiger partial charge in [0.1, 0.15) is 11.1 Å². The third kappa shape index (κ3) is 2.97. The minimum Gasteiger partial charge on any atom is -0.338 e. The van der Waals surface area contributed by atoms with E-state index in [0.717, 1.165) is 37.0 Å². The van der Waals surface area contributed by atoms with Gasteiger partial charge in [0.15, 0.2) is 0 Å². The molecule has 1 saturated heterocycles. The second kappa shape index (κ2) is 6.42. The molecule has 1 spiro atoms. The molecular weight excluding hydrogens is 308 g/mol. The molecule has 0 aromatic carbocycles. The summed E-state index contributed by atoms with van der Waals surface area (Å²) in [6.45, 7) is 0.0692. The molecule has 4 amide bonds. The van der Waals surface area contributed by atoms with Gasteiger partial charge in [-0.15, -0.1) is 0 Å². The smallest absolute Gasteiger partial charge is 0.325 e. The summed E-state index contributed by atoms with van der Waals surface area (Å²) in [7, 11) is 0. The molecule has 24 heavy (non-hydrogen) atoms. The summed E-state index contributed by atoms with van der Waals surface area (Å²) < 4.78 is 0. The van der Waals surface area contributed by atoms with Crippen LogP contribution >= 0.6 is 0 Å². The summed E-state index contributed by atoms with van der Waals surface area (Å²) >= 11 is 0. The first kappa shape index (κ1) is 16.7. The van der Waals surface area contributed by atoms with Crippen LogP contribution in [0.25, 0.3) is 0 Å². The molecule has 7 nitrogen and oxygen atoms in total. The molecule has 0 bridgehead atoms. The lowest BCUT2D eigenvalue weighted by Crippen LogP contribution is -2.49. The average Bonchev–Trinajstić information content (AvgIpc) is 3.13. The first-order chi connectivity index (χ1) is 11.5. The number of urea groups is 1. The van der Waals surface area contributed by atoms with Gasteiger partial charge in [-0.2, -0.15) is 5.26 Å². The van der Waals surface area contributed by atoms with Gasteiger partial charge in [0.05, 0.1) is 6.07 Å². The van der Waals surface area contributed by atoms with Crippen molar-refractivity contribution in [1.29, 1.82) is 5.26 Å². The fraction of sp³-hybridized carbons (Fsp3) is 0.765. The SMILES string of the molecule is N#CC1(NC(=O)CCN2C(=O)NC3(CCCC3)C2=O)CCCCC1. The zero-order valence-corrected chi connectivity index (χ0v) is 13.9.